The molecule has 0 radical (unpaired) electrons. The van der Waals surface area contributed by atoms with Crippen LogP contribution in [0.25, 0.3) is 11.1 Å². The summed E-state index contributed by atoms with van der Waals surface area (Å²) in [5, 5.41) is 14.3. The fourth-order valence-corrected chi connectivity index (χ4v) is 4.00. The molecule has 0 spiro atoms. The topological polar surface area (TPSA) is 116 Å². The van der Waals surface area contributed by atoms with Crippen molar-refractivity contribution in [3.63, 3.8) is 0 Å². The molecule has 8 heteroatoms. The van der Waals surface area contributed by atoms with Crippen LogP contribution in [0.3, 0.4) is 0 Å². The monoisotopic (exact) mass is 407 g/mol. The summed E-state index contributed by atoms with van der Waals surface area (Å²) in [4.78, 5) is 50.3. The first-order valence-corrected chi connectivity index (χ1v) is 9.76. The highest BCUT2D eigenvalue weighted by atomic mass is 16.4. The molecule has 2 aliphatic rings. The zero-order chi connectivity index (χ0) is 21.3. The van der Waals surface area contributed by atoms with Crippen molar-refractivity contribution < 1.29 is 24.3 Å². The zero-order valence-corrected chi connectivity index (χ0v) is 16.1. The van der Waals surface area contributed by atoms with Crippen LogP contribution in [0.2, 0.25) is 0 Å². The molecule has 2 aromatic rings. The minimum Gasteiger partial charge on any atom is -0.481 e. The molecule has 1 saturated heterocycles. The summed E-state index contributed by atoms with van der Waals surface area (Å²) in [5.74, 6) is -2.15. The molecule has 1 fully saturated rings. The third kappa shape index (κ3) is 3.76. The average Bonchev–Trinajstić information content (AvgIpc) is 3.12. The van der Waals surface area contributed by atoms with E-state index in [4.69, 9.17) is 5.11 Å². The van der Waals surface area contributed by atoms with Gasteiger partial charge in [0.1, 0.15) is 6.04 Å². The number of carbonyl (C=O) groups is 4. The van der Waals surface area contributed by atoms with Crippen LogP contribution >= 0.6 is 0 Å². The lowest BCUT2D eigenvalue weighted by atomic mass is 10.0. The van der Waals surface area contributed by atoms with Crippen molar-refractivity contribution in [1.82, 2.24) is 10.2 Å². The molecule has 2 heterocycles. The summed E-state index contributed by atoms with van der Waals surface area (Å²) in [5.41, 5.74) is 2.68. The Hall–Kier alpha value is -3.68. The van der Waals surface area contributed by atoms with E-state index >= 15 is 0 Å². The summed E-state index contributed by atoms with van der Waals surface area (Å²) in [6, 6.07) is 13.6. The van der Waals surface area contributed by atoms with Crippen LogP contribution in [0.4, 0.5) is 5.69 Å². The first-order chi connectivity index (χ1) is 14.4. The van der Waals surface area contributed by atoms with E-state index < -0.39 is 24.0 Å². The number of carbonyl (C=O) groups excluding carboxylic acids is 3. The standard InChI is InChI=1S/C22H21N3O5/c26-18(8-9-19(27)28)23-17-10-11-25-20(17)21(29)24-16-7-6-14(12-15(16)22(25)30)13-4-2-1-3-5-13/h1-7,12,17,20H,8-11H2,(H,23,26)(H,24,29)(H,27,28). The quantitative estimate of drug-likeness (QED) is 0.700. The highest BCUT2D eigenvalue weighted by Gasteiger charge is 2.45. The van der Waals surface area contributed by atoms with Crippen LogP contribution in [0.15, 0.2) is 48.5 Å². The highest BCUT2D eigenvalue weighted by Crippen LogP contribution is 2.32. The molecule has 0 bridgehead atoms. The number of amides is 3. The molecular weight excluding hydrogens is 386 g/mol. The van der Waals surface area contributed by atoms with Crippen molar-refractivity contribution >= 4 is 29.4 Å². The Kier molecular flexibility index (Phi) is 5.22. The van der Waals surface area contributed by atoms with E-state index in [2.05, 4.69) is 10.6 Å². The van der Waals surface area contributed by atoms with Crippen LogP contribution < -0.4 is 10.6 Å². The molecule has 30 heavy (non-hydrogen) atoms. The maximum atomic E-state index is 13.2. The van der Waals surface area contributed by atoms with Gasteiger partial charge in [-0.2, -0.15) is 0 Å². The molecule has 0 aliphatic carbocycles. The SMILES string of the molecule is O=C(O)CCC(=O)NC1CCN2C(=O)c3cc(-c4ccccc4)ccc3NC(=O)C12. The lowest BCUT2D eigenvalue weighted by molar-refractivity contribution is -0.139. The molecule has 2 atom stereocenters. The van der Waals surface area contributed by atoms with E-state index in [9.17, 15) is 19.2 Å². The molecule has 4 rings (SSSR count). The van der Waals surface area contributed by atoms with Crippen LogP contribution in [-0.4, -0.2) is 52.3 Å². The second-order valence-electron chi connectivity index (χ2n) is 7.42. The Balaban J connectivity index is 1.58. The van der Waals surface area contributed by atoms with Gasteiger partial charge in [0.25, 0.3) is 5.91 Å². The molecule has 2 aromatic carbocycles. The fourth-order valence-electron chi connectivity index (χ4n) is 4.00. The van der Waals surface area contributed by atoms with Crippen molar-refractivity contribution in [2.45, 2.75) is 31.3 Å². The van der Waals surface area contributed by atoms with Gasteiger partial charge in [-0.05, 0) is 29.7 Å². The smallest absolute Gasteiger partial charge is 0.303 e. The van der Waals surface area contributed by atoms with Gasteiger partial charge >= 0.3 is 5.97 Å². The summed E-state index contributed by atoms with van der Waals surface area (Å²) < 4.78 is 0. The third-order valence-corrected chi connectivity index (χ3v) is 5.45. The van der Waals surface area contributed by atoms with Crippen molar-refractivity contribution in [3.05, 3.63) is 54.1 Å². The van der Waals surface area contributed by atoms with E-state index in [0.29, 0.717) is 24.2 Å². The second kappa shape index (κ2) is 7.98. The summed E-state index contributed by atoms with van der Waals surface area (Å²) >= 11 is 0. The van der Waals surface area contributed by atoms with Gasteiger partial charge in [-0.1, -0.05) is 36.4 Å². The Morgan fingerprint density at radius 3 is 2.57 bits per heavy atom. The highest BCUT2D eigenvalue weighted by molar-refractivity contribution is 6.11. The van der Waals surface area contributed by atoms with Gasteiger partial charge in [0.05, 0.1) is 23.7 Å². The predicted octanol–water partition coefficient (Wildman–Crippen LogP) is 1.87. The largest absolute Gasteiger partial charge is 0.481 e. The van der Waals surface area contributed by atoms with E-state index in [1.54, 1.807) is 12.1 Å². The van der Waals surface area contributed by atoms with E-state index in [1.165, 1.54) is 4.90 Å². The Labute approximate surface area is 172 Å². The minimum atomic E-state index is -1.06. The maximum Gasteiger partial charge on any atom is 0.303 e. The number of rotatable bonds is 5. The third-order valence-electron chi connectivity index (χ3n) is 5.45. The molecular formula is C22H21N3O5. The number of anilines is 1. The number of fused-ring (bicyclic) bond motifs is 2. The summed E-state index contributed by atoms with van der Waals surface area (Å²) in [7, 11) is 0. The molecule has 3 amide bonds. The lowest BCUT2D eigenvalue weighted by Gasteiger charge is -2.24. The van der Waals surface area contributed by atoms with Gasteiger partial charge in [0, 0.05) is 13.0 Å². The van der Waals surface area contributed by atoms with Crippen LogP contribution in [0.5, 0.6) is 0 Å². The zero-order valence-electron chi connectivity index (χ0n) is 16.1. The molecule has 2 aliphatic heterocycles. The van der Waals surface area contributed by atoms with Gasteiger partial charge in [-0.25, -0.2) is 0 Å². The van der Waals surface area contributed by atoms with Gasteiger partial charge in [0.2, 0.25) is 11.8 Å². The number of nitrogens with zero attached hydrogens (tertiary/aromatic N) is 1. The summed E-state index contributed by atoms with van der Waals surface area (Å²) in [6.07, 6.45) is -0.0309. The van der Waals surface area contributed by atoms with Crippen molar-refractivity contribution in [1.29, 1.82) is 0 Å². The maximum absolute atomic E-state index is 13.2. The number of aliphatic carboxylic acids is 1. The number of carboxylic acid groups (broad SMARTS) is 1. The first-order valence-electron chi connectivity index (χ1n) is 9.76. The molecule has 154 valence electrons. The van der Waals surface area contributed by atoms with E-state index in [1.807, 2.05) is 36.4 Å². The minimum absolute atomic E-state index is 0.172. The number of carboxylic acids is 1. The predicted molar refractivity (Wildman–Crippen MR) is 109 cm³/mol. The van der Waals surface area contributed by atoms with Crippen LogP contribution in [0.1, 0.15) is 29.6 Å². The van der Waals surface area contributed by atoms with E-state index in [-0.39, 0.29) is 24.7 Å². The van der Waals surface area contributed by atoms with Crippen LogP contribution in [-0.2, 0) is 14.4 Å². The lowest BCUT2D eigenvalue weighted by Crippen LogP contribution is -2.51. The molecule has 0 saturated carbocycles. The molecule has 8 nitrogen and oxygen atoms in total. The Morgan fingerprint density at radius 2 is 1.83 bits per heavy atom. The van der Waals surface area contributed by atoms with Gasteiger partial charge in [-0.15, -0.1) is 0 Å². The van der Waals surface area contributed by atoms with Crippen molar-refractivity contribution in [2.75, 3.05) is 11.9 Å². The van der Waals surface area contributed by atoms with Crippen molar-refractivity contribution in [3.8, 4) is 11.1 Å². The number of nitrogens with one attached hydrogen (secondary N) is 2. The molecule has 2 unspecified atom stereocenters. The Bertz CT molecular complexity index is 1020. The Morgan fingerprint density at radius 1 is 1.07 bits per heavy atom. The first kappa shape index (κ1) is 19.6. The normalized spacial score (nSPS) is 20.1. The van der Waals surface area contributed by atoms with E-state index in [0.717, 1.165) is 11.1 Å². The fraction of sp³-hybridized carbons (Fsp3) is 0.273. The average molecular weight is 407 g/mol. The van der Waals surface area contributed by atoms with Crippen molar-refractivity contribution in [2.24, 2.45) is 0 Å². The molecule has 3 N–H and O–H groups in total. The number of hydrogen-bond acceptors (Lipinski definition) is 4. The number of hydrogen-bond donors (Lipinski definition) is 3. The summed E-state index contributed by atoms with van der Waals surface area (Å²) in [6.45, 7) is 0.329. The van der Waals surface area contributed by atoms with Gasteiger partial charge in [0.15, 0.2) is 0 Å². The van der Waals surface area contributed by atoms with Crippen LogP contribution in [0, 0.1) is 0 Å². The number of benzene rings is 2. The van der Waals surface area contributed by atoms with Gasteiger partial charge in [-0.3, -0.25) is 19.2 Å². The molecule has 0 aromatic heterocycles. The van der Waals surface area contributed by atoms with Gasteiger partial charge < -0.3 is 20.6 Å². The second-order valence-corrected chi connectivity index (χ2v) is 7.42.